The van der Waals surface area contributed by atoms with E-state index in [9.17, 15) is 5.11 Å². The molecule has 0 saturated heterocycles. The Bertz CT molecular complexity index is 907. The van der Waals surface area contributed by atoms with Crippen molar-refractivity contribution >= 4 is 27.8 Å². The number of rotatable bonds is 5. The van der Waals surface area contributed by atoms with Crippen LogP contribution in [0, 0.1) is 5.92 Å². The quantitative estimate of drug-likeness (QED) is 0.734. The zero-order chi connectivity index (χ0) is 18.1. The molecule has 0 amide bonds. The standard InChI is InChI=1S/C20H26N4O2/c1-2-26-11-16(14-8-4-6-10-17(14)25)24-12-22-18-19(24)13-7-3-5-9-15(13)23-20(18)21/h3,5,7,9,12,14,16-17,25H,2,4,6,8,10-11H2,1H3,(H2,21,23)/t14?,16-,17?/m1/s1. The van der Waals surface area contributed by atoms with E-state index in [-0.39, 0.29) is 18.1 Å². The normalized spacial score (nSPS) is 22.1. The van der Waals surface area contributed by atoms with Crippen LogP contribution < -0.4 is 5.73 Å². The van der Waals surface area contributed by atoms with Crippen LogP contribution in [0.2, 0.25) is 0 Å². The second kappa shape index (κ2) is 7.21. The summed E-state index contributed by atoms with van der Waals surface area (Å²) >= 11 is 0. The first-order valence-electron chi connectivity index (χ1n) is 9.47. The van der Waals surface area contributed by atoms with Gasteiger partial charge in [-0.15, -0.1) is 0 Å². The van der Waals surface area contributed by atoms with E-state index in [1.165, 1.54) is 0 Å². The molecule has 6 nitrogen and oxygen atoms in total. The molecule has 2 heterocycles. The molecule has 1 fully saturated rings. The predicted molar refractivity (Wildman–Crippen MR) is 103 cm³/mol. The lowest BCUT2D eigenvalue weighted by Crippen LogP contribution is -2.35. The molecule has 1 aromatic carbocycles. The fraction of sp³-hybridized carbons (Fsp3) is 0.500. The van der Waals surface area contributed by atoms with Gasteiger partial charge in [0.25, 0.3) is 0 Å². The maximum Gasteiger partial charge on any atom is 0.152 e. The number of anilines is 1. The second-order valence-electron chi connectivity index (χ2n) is 7.11. The lowest BCUT2D eigenvalue weighted by Gasteiger charge is -2.35. The molecule has 3 aromatic rings. The first-order valence-corrected chi connectivity index (χ1v) is 9.47. The smallest absolute Gasteiger partial charge is 0.152 e. The van der Waals surface area contributed by atoms with Crippen molar-refractivity contribution in [3.8, 4) is 0 Å². The number of para-hydroxylation sites is 1. The molecular formula is C20H26N4O2. The summed E-state index contributed by atoms with van der Waals surface area (Å²) in [6.07, 6.45) is 5.60. The van der Waals surface area contributed by atoms with Crippen molar-refractivity contribution in [2.24, 2.45) is 5.92 Å². The Labute approximate surface area is 153 Å². The molecule has 26 heavy (non-hydrogen) atoms. The first-order chi connectivity index (χ1) is 12.7. The van der Waals surface area contributed by atoms with Crippen LogP contribution in [0.1, 0.15) is 38.6 Å². The number of nitrogens with zero attached hydrogens (tertiary/aromatic N) is 3. The van der Waals surface area contributed by atoms with Crippen molar-refractivity contribution in [3.63, 3.8) is 0 Å². The van der Waals surface area contributed by atoms with Crippen LogP contribution in [-0.4, -0.2) is 39.0 Å². The monoisotopic (exact) mass is 354 g/mol. The third-order valence-electron chi connectivity index (χ3n) is 5.56. The Kier molecular flexibility index (Phi) is 4.78. The number of ether oxygens (including phenoxy) is 1. The van der Waals surface area contributed by atoms with Crippen molar-refractivity contribution in [3.05, 3.63) is 30.6 Å². The van der Waals surface area contributed by atoms with Crippen LogP contribution in [0.25, 0.3) is 21.9 Å². The van der Waals surface area contributed by atoms with Gasteiger partial charge < -0.3 is 20.1 Å². The second-order valence-corrected chi connectivity index (χ2v) is 7.11. The van der Waals surface area contributed by atoms with E-state index >= 15 is 0 Å². The maximum atomic E-state index is 10.7. The molecule has 0 spiro atoms. The predicted octanol–water partition coefficient (Wildman–Crippen LogP) is 3.30. The van der Waals surface area contributed by atoms with Gasteiger partial charge in [-0.2, -0.15) is 0 Å². The van der Waals surface area contributed by atoms with Gasteiger partial charge in [0, 0.05) is 17.9 Å². The lowest BCUT2D eigenvalue weighted by atomic mass is 9.81. The molecule has 3 atom stereocenters. The molecule has 1 aliphatic carbocycles. The SMILES string of the molecule is CCOC[C@H](C1CCCCC1O)n1cnc2c(N)nc3ccccc3c21. The summed E-state index contributed by atoms with van der Waals surface area (Å²) in [6, 6.07) is 8.01. The Morgan fingerprint density at radius 3 is 2.92 bits per heavy atom. The van der Waals surface area contributed by atoms with E-state index in [0.29, 0.717) is 19.0 Å². The van der Waals surface area contributed by atoms with Crippen molar-refractivity contribution in [1.82, 2.24) is 14.5 Å². The number of imidazole rings is 1. The fourth-order valence-electron chi connectivity index (χ4n) is 4.26. The number of aromatic nitrogens is 3. The number of benzene rings is 1. The highest BCUT2D eigenvalue weighted by Gasteiger charge is 2.33. The molecular weight excluding hydrogens is 328 g/mol. The molecule has 1 saturated carbocycles. The average Bonchev–Trinajstić information content (AvgIpc) is 3.09. The highest BCUT2D eigenvalue weighted by Crippen LogP contribution is 2.37. The van der Waals surface area contributed by atoms with Gasteiger partial charge in [-0.3, -0.25) is 0 Å². The Morgan fingerprint density at radius 2 is 2.12 bits per heavy atom. The van der Waals surface area contributed by atoms with Crippen LogP contribution in [0.5, 0.6) is 0 Å². The minimum Gasteiger partial charge on any atom is -0.393 e. The summed E-state index contributed by atoms with van der Waals surface area (Å²) in [7, 11) is 0. The summed E-state index contributed by atoms with van der Waals surface area (Å²) < 4.78 is 7.96. The highest BCUT2D eigenvalue weighted by atomic mass is 16.5. The molecule has 0 radical (unpaired) electrons. The molecule has 6 heteroatoms. The van der Waals surface area contributed by atoms with Gasteiger partial charge in [0.1, 0.15) is 5.52 Å². The molecule has 4 rings (SSSR count). The fourth-order valence-corrected chi connectivity index (χ4v) is 4.26. The van der Waals surface area contributed by atoms with Gasteiger partial charge >= 0.3 is 0 Å². The largest absolute Gasteiger partial charge is 0.393 e. The molecule has 2 unspecified atom stereocenters. The van der Waals surface area contributed by atoms with Crippen LogP contribution in [-0.2, 0) is 4.74 Å². The number of nitrogen functional groups attached to an aromatic ring is 1. The van der Waals surface area contributed by atoms with Crippen LogP contribution in [0.3, 0.4) is 0 Å². The van der Waals surface area contributed by atoms with E-state index in [4.69, 9.17) is 10.5 Å². The Morgan fingerprint density at radius 1 is 1.31 bits per heavy atom. The zero-order valence-corrected chi connectivity index (χ0v) is 15.1. The molecule has 2 aromatic heterocycles. The number of fused-ring (bicyclic) bond motifs is 3. The van der Waals surface area contributed by atoms with E-state index in [1.54, 1.807) is 0 Å². The minimum atomic E-state index is -0.308. The highest BCUT2D eigenvalue weighted by molar-refractivity contribution is 6.06. The molecule has 0 bridgehead atoms. The van der Waals surface area contributed by atoms with Crippen molar-refractivity contribution < 1.29 is 9.84 Å². The van der Waals surface area contributed by atoms with E-state index < -0.39 is 0 Å². The average molecular weight is 354 g/mol. The minimum absolute atomic E-state index is 0.0282. The third kappa shape index (κ3) is 2.93. The van der Waals surface area contributed by atoms with Gasteiger partial charge in [-0.05, 0) is 25.8 Å². The zero-order valence-electron chi connectivity index (χ0n) is 15.1. The van der Waals surface area contributed by atoms with E-state index in [2.05, 4.69) is 20.6 Å². The first kappa shape index (κ1) is 17.2. The topological polar surface area (TPSA) is 86.2 Å². The van der Waals surface area contributed by atoms with Gasteiger partial charge in [0.15, 0.2) is 5.82 Å². The summed E-state index contributed by atoms with van der Waals surface area (Å²) in [5.74, 6) is 0.595. The maximum absolute atomic E-state index is 10.7. The van der Waals surface area contributed by atoms with Crippen molar-refractivity contribution in [2.45, 2.75) is 44.8 Å². The number of aliphatic hydroxyl groups is 1. The number of hydrogen-bond donors (Lipinski definition) is 2. The molecule has 3 N–H and O–H groups in total. The van der Waals surface area contributed by atoms with Crippen LogP contribution in [0.15, 0.2) is 30.6 Å². The summed E-state index contributed by atoms with van der Waals surface area (Å²) in [5, 5.41) is 11.7. The van der Waals surface area contributed by atoms with Gasteiger partial charge in [0.05, 0.1) is 36.1 Å². The van der Waals surface area contributed by atoms with Crippen molar-refractivity contribution in [2.75, 3.05) is 18.9 Å². The van der Waals surface area contributed by atoms with Crippen LogP contribution in [0.4, 0.5) is 5.82 Å². The summed E-state index contributed by atoms with van der Waals surface area (Å²) in [6.45, 7) is 3.20. The molecule has 1 aliphatic rings. The van der Waals surface area contributed by atoms with Gasteiger partial charge in [0.2, 0.25) is 0 Å². The van der Waals surface area contributed by atoms with Crippen molar-refractivity contribution in [1.29, 1.82) is 0 Å². The Hall–Kier alpha value is -2.18. The number of nitrogens with two attached hydrogens (primary N) is 1. The number of aliphatic hydroxyl groups excluding tert-OH is 1. The number of pyridine rings is 1. The van der Waals surface area contributed by atoms with Gasteiger partial charge in [-0.25, -0.2) is 9.97 Å². The lowest BCUT2D eigenvalue weighted by molar-refractivity contribution is 0.00728. The van der Waals surface area contributed by atoms with E-state index in [0.717, 1.165) is 47.6 Å². The molecule has 0 aliphatic heterocycles. The van der Waals surface area contributed by atoms with Crippen LogP contribution >= 0.6 is 0 Å². The number of hydrogen-bond acceptors (Lipinski definition) is 5. The summed E-state index contributed by atoms with van der Waals surface area (Å²) in [5.41, 5.74) is 8.73. The third-order valence-corrected chi connectivity index (χ3v) is 5.56. The van der Waals surface area contributed by atoms with Gasteiger partial charge in [-0.1, -0.05) is 31.0 Å². The van der Waals surface area contributed by atoms with E-state index in [1.807, 2.05) is 31.5 Å². The summed E-state index contributed by atoms with van der Waals surface area (Å²) in [4.78, 5) is 9.04. The molecule has 138 valence electrons. The Balaban J connectivity index is 1.88.